The van der Waals surface area contributed by atoms with Gasteiger partial charge in [-0.1, -0.05) is 24.4 Å². The number of carbonyl (C=O) groups is 1. The Labute approximate surface area is 257 Å². The number of likely N-dealkylation sites (N-methyl/N-ethyl adjacent to an activating group) is 1. The van der Waals surface area contributed by atoms with Crippen LogP contribution in [0.15, 0.2) is 48.5 Å². The van der Waals surface area contributed by atoms with Gasteiger partial charge in [0.2, 0.25) is 5.91 Å². The average molecular weight is 648 g/mol. The first-order chi connectivity index (χ1) is 20.7. The molecule has 7 nitrogen and oxygen atoms in total. The molecule has 1 saturated carbocycles. The van der Waals surface area contributed by atoms with Crippen molar-refractivity contribution in [1.82, 2.24) is 15.1 Å². The van der Waals surface area contributed by atoms with Crippen molar-refractivity contribution in [2.45, 2.75) is 44.5 Å². The van der Waals surface area contributed by atoms with E-state index in [4.69, 9.17) is 17.0 Å². The predicted octanol–water partition coefficient (Wildman–Crippen LogP) is 5.62. The lowest BCUT2D eigenvalue weighted by molar-refractivity contribution is -0.275. The number of benzene rings is 2. The minimum atomic E-state index is -4.82. The first-order valence-electron chi connectivity index (χ1n) is 14.3. The molecular weight excluding hydrogens is 612 g/mol. The van der Waals surface area contributed by atoms with Gasteiger partial charge in [-0.25, -0.2) is 0 Å². The third-order valence-corrected chi connectivity index (χ3v) is 7.97. The highest BCUT2D eigenvalue weighted by Crippen LogP contribution is 2.38. The predicted molar refractivity (Wildman–Crippen MR) is 155 cm³/mol. The first kappa shape index (κ1) is 33.8. The van der Waals surface area contributed by atoms with Gasteiger partial charge in [0.15, 0.2) is 0 Å². The van der Waals surface area contributed by atoms with E-state index in [2.05, 4.69) is 31.6 Å². The number of rotatable bonds is 12. The summed E-state index contributed by atoms with van der Waals surface area (Å²) in [6, 6.07) is 10.6. The minimum Gasteiger partial charge on any atom is -0.490 e. The lowest BCUT2D eigenvalue weighted by atomic mass is 9.96. The summed E-state index contributed by atoms with van der Waals surface area (Å²) in [7, 11) is 2.07. The SMILES string of the molecule is CN1CCN(CCNC(=O)C2CC(CC(=S)Cc3cccc(OC(F)(F)F)c3)CC2Oc2ccc(OC(F)(F)F)cc2)CC1. The summed E-state index contributed by atoms with van der Waals surface area (Å²) in [5.41, 5.74) is 0.571. The van der Waals surface area contributed by atoms with E-state index in [1.807, 2.05) is 0 Å². The van der Waals surface area contributed by atoms with Gasteiger partial charge >= 0.3 is 12.7 Å². The maximum absolute atomic E-state index is 13.3. The summed E-state index contributed by atoms with van der Waals surface area (Å²) in [6.07, 6.45) is -8.53. The van der Waals surface area contributed by atoms with E-state index in [-0.39, 0.29) is 29.7 Å². The molecule has 1 N–H and O–H groups in total. The van der Waals surface area contributed by atoms with E-state index in [1.54, 1.807) is 6.07 Å². The number of carbonyl (C=O) groups excluding carboxylic acids is 1. The van der Waals surface area contributed by atoms with Crippen LogP contribution in [0, 0.1) is 11.8 Å². The van der Waals surface area contributed by atoms with Crippen LogP contribution in [-0.4, -0.2) is 85.7 Å². The van der Waals surface area contributed by atoms with Crippen LogP contribution >= 0.6 is 12.2 Å². The molecule has 1 amide bonds. The van der Waals surface area contributed by atoms with E-state index in [0.29, 0.717) is 48.5 Å². The molecule has 2 aromatic rings. The van der Waals surface area contributed by atoms with Gasteiger partial charge < -0.3 is 24.4 Å². The van der Waals surface area contributed by atoms with E-state index < -0.39 is 24.7 Å². The van der Waals surface area contributed by atoms with Crippen molar-refractivity contribution in [3.63, 3.8) is 0 Å². The number of piperazine rings is 1. The topological polar surface area (TPSA) is 63.3 Å². The van der Waals surface area contributed by atoms with E-state index in [1.165, 1.54) is 30.3 Å². The highest BCUT2D eigenvalue weighted by molar-refractivity contribution is 7.80. The molecule has 1 aliphatic heterocycles. The Morgan fingerprint density at radius 1 is 0.909 bits per heavy atom. The van der Waals surface area contributed by atoms with Crippen LogP contribution in [0.25, 0.3) is 0 Å². The standard InChI is InChI=1S/C30H35F6N3O4S/c1-38-11-13-39(14-12-38)10-9-37-28(40)26-18-21(17-25(44)16-20-3-2-4-24(15-20)43-30(34,35)36)19-27(26)41-22-5-7-23(8-6-22)42-29(31,32)33/h2-8,15,21,26-27H,9-14,16-19H2,1H3,(H,37,40). The molecule has 2 aliphatic rings. The number of halogens is 6. The normalized spacial score (nSPS) is 21.6. The lowest BCUT2D eigenvalue weighted by Gasteiger charge is -2.32. The molecule has 1 saturated heterocycles. The number of nitrogens with zero attached hydrogens (tertiary/aromatic N) is 2. The van der Waals surface area contributed by atoms with Gasteiger partial charge in [0.1, 0.15) is 23.4 Å². The fourth-order valence-corrected chi connectivity index (χ4v) is 5.98. The summed E-state index contributed by atoms with van der Waals surface area (Å²) in [5.74, 6) is -1.15. The Morgan fingerprint density at radius 3 is 2.20 bits per heavy atom. The molecule has 0 bridgehead atoms. The van der Waals surface area contributed by atoms with Crippen LogP contribution in [-0.2, 0) is 11.2 Å². The largest absolute Gasteiger partial charge is 0.573 e. The van der Waals surface area contributed by atoms with Crippen molar-refractivity contribution in [2.75, 3.05) is 46.3 Å². The van der Waals surface area contributed by atoms with Crippen molar-refractivity contribution in [1.29, 1.82) is 0 Å². The van der Waals surface area contributed by atoms with Crippen molar-refractivity contribution in [2.24, 2.45) is 11.8 Å². The average Bonchev–Trinajstić information content (AvgIpc) is 3.31. The van der Waals surface area contributed by atoms with Gasteiger partial charge in [-0.2, -0.15) is 0 Å². The molecule has 242 valence electrons. The fraction of sp³-hybridized carbons (Fsp3) is 0.533. The van der Waals surface area contributed by atoms with Gasteiger partial charge in [-0.15, -0.1) is 26.3 Å². The first-order valence-corrected chi connectivity index (χ1v) is 14.7. The molecule has 0 spiro atoms. The number of hydrogen-bond donors (Lipinski definition) is 1. The zero-order valence-corrected chi connectivity index (χ0v) is 24.9. The highest BCUT2D eigenvalue weighted by atomic mass is 32.1. The molecule has 3 atom stereocenters. The molecular formula is C30H35F6N3O4S. The van der Waals surface area contributed by atoms with Crippen molar-refractivity contribution in [3.05, 3.63) is 54.1 Å². The number of alkyl halides is 6. The molecule has 1 heterocycles. The quantitative estimate of drug-likeness (QED) is 0.237. The molecule has 1 aliphatic carbocycles. The van der Waals surface area contributed by atoms with E-state index >= 15 is 0 Å². The van der Waals surface area contributed by atoms with Crippen LogP contribution in [0.1, 0.15) is 24.8 Å². The van der Waals surface area contributed by atoms with Gasteiger partial charge in [-0.3, -0.25) is 9.69 Å². The number of thiocarbonyl (C=S) groups is 1. The lowest BCUT2D eigenvalue weighted by Crippen LogP contribution is -2.47. The molecule has 3 unspecified atom stereocenters. The molecule has 14 heteroatoms. The maximum atomic E-state index is 13.3. The molecule has 2 fully saturated rings. The van der Waals surface area contributed by atoms with Crippen LogP contribution in [0.2, 0.25) is 0 Å². The highest BCUT2D eigenvalue weighted by Gasteiger charge is 2.41. The fourth-order valence-electron chi connectivity index (χ4n) is 5.58. The second-order valence-electron chi connectivity index (χ2n) is 11.2. The second kappa shape index (κ2) is 14.8. The number of ether oxygens (including phenoxy) is 3. The van der Waals surface area contributed by atoms with Crippen LogP contribution < -0.4 is 19.5 Å². The Kier molecular flexibility index (Phi) is 11.4. The smallest absolute Gasteiger partial charge is 0.490 e. The molecule has 44 heavy (non-hydrogen) atoms. The Balaban J connectivity index is 1.37. The minimum absolute atomic E-state index is 0.0386. The van der Waals surface area contributed by atoms with Crippen molar-refractivity contribution >= 4 is 23.0 Å². The number of hydrogen-bond acceptors (Lipinski definition) is 7. The second-order valence-corrected chi connectivity index (χ2v) is 11.7. The zero-order valence-electron chi connectivity index (χ0n) is 24.1. The van der Waals surface area contributed by atoms with Crippen molar-refractivity contribution in [3.8, 4) is 17.2 Å². The summed E-state index contributed by atoms with van der Waals surface area (Å²) < 4.78 is 89.6. The molecule has 0 aromatic heterocycles. The van der Waals surface area contributed by atoms with Gasteiger partial charge in [0, 0.05) is 45.7 Å². The van der Waals surface area contributed by atoms with Crippen molar-refractivity contribution < 1.29 is 45.3 Å². The monoisotopic (exact) mass is 647 g/mol. The van der Waals surface area contributed by atoms with Gasteiger partial charge in [0.25, 0.3) is 0 Å². The molecule has 0 radical (unpaired) electrons. The van der Waals surface area contributed by atoms with E-state index in [0.717, 1.165) is 38.3 Å². The number of amides is 1. The Hall–Kier alpha value is -3.10. The molecule has 4 rings (SSSR count). The van der Waals surface area contributed by atoms with Gasteiger partial charge in [-0.05, 0) is 79.1 Å². The summed E-state index contributed by atoms with van der Waals surface area (Å²) in [5, 5.41) is 3.01. The van der Waals surface area contributed by atoms with Crippen LogP contribution in [0.5, 0.6) is 17.2 Å². The molecule has 2 aromatic carbocycles. The van der Waals surface area contributed by atoms with E-state index in [9.17, 15) is 31.1 Å². The van der Waals surface area contributed by atoms with Crippen LogP contribution in [0.3, 0.4) is 0 Å². The summed E-state index contributed by atoms with van der Waals surface area (Å²) in [6.45, 7) is 4.93. The number of nitrogens with one attached hydrogen (secondary N) is 1. The third kappa shape index (κ3) is 11.1. The Morgan fingerprint density at radius 2 is 1.55 bits per heavy atom. The maximum Gasteiger partial charge on any atom is 0.573 e. The van der Waals surface area contributed by atoms with Gasteiger partial charge in [0.05, 0.1) is 5.92 Å². The third-order valence-electron chi connectivity index (χ3n) is 7.66. The Bertz CT molecular complexity index is 1250. The zero-order chi connectivity index (χ0) is 31.9. The summed E-state index contributed by atoms with van der Waals surface area (Å²) in [4.78, 5) is 18.5. The van der Waals surface area contributed by atoms with Crippen LogP contribution in [0.4, 0.5) is 26.3 Å². The summed E-state index contributed by atoms with van der Waals surface area (Å²) >= 11 is 5.59.